The molecule has 4 N–H and O–H groups in total. The summed E-state index contributed by atoms with van der Waals surface area (Å²) >= 11 is 3.02. The zero-order chi connectivity index (χ0) is 36.9. The number of anilines is 1. The Labute approximate surface area is 315 Å². The third-order valence-electron chi connectivity index (χ3n) is 9.67. The van der Waals surface area contributed by atoms with Gasteiger partial charge in [-0.3, -0.25) is 18.7 Å². The van der Waals surface area contributed by atoms with Crippen molar-refractivity contribution in [1.29, 1.82) is 0 Å². The third kappa shape index (κ3) is 6.57. The van der Waals surface area contributed by atoms with Crippen LogP contribution < -0.4 is 16.9 Å². The number of nitrogens with zero attached hydrogens (tertiary/aromatic N) is 10. The molecule has 0 bridgehead atoms. The minimum atomic E-state index is 0.0464. The Morgan fingerprint density at radius 3 is 2.06 bits per heavy atom. The highest BCUT2D eigenvalue weighted by atomic mass is 32.2. The van der Waals surface area contributed by atoms with Gasteiger partial charge >= 0.3 is 0 Å². The van der Waals surface area contributed by atoms with E-state index in [0.717, 1.165) is 74.6 Å². The summed E-state index contributed by atoms with van der Waals surface area (Å²) in [5.41, 5.74) is 12.1. The maximum absolute atomic E-state index is 13.2. The zero-order valence-corrected chi connectivity index (χ0v) is 31.1. The topological polar surface area (TPSA) is 205 Å². The van der Waals surface area contributed by atoms with E-state index in [0.29, 0.717) is 39.1 Å². The molecule has 0 spiro atoms. The van der Waals surface area contributed by atoms with Gasteiger partial charge in [0.15, 0.2) is 11.3 Å². The van der Waals surface area contributed by atoms with E-state index in [1.807, 2.05) is 59.4 Å². The Bertz CT molecular complexity index is 2840. The first-order chi connectivity index (χ1) is 26.3. The van der Waals surface area contributed by atoms with Crippen LogP contribution in [0.15, 0.2) is 75.0 Å². The molecule has 2 aliphatic rings. The van der Waals surface area contributed by atoms with E-state index in [-0.39, 0.29) is 23.1 Å². The minimum absolute atomic E-state index is 0.0464. The molecule has 6 aromatic heterocycles. The standard InChI is InChI=1S/C19H18N6OS.C18H17N7OS/c1-11-3-2-4-13-15(11)19(26)25(7-12-5-6-12)14(24-13)8-27-18-16-17(21-9-20-16)22-10-23-18;1-9-3-2-4-11-13(9)17(26)25(10-5-6-10)12(22-11)7-27-16-14-15(21-8-20-14)23-18(19)24-16/h2-4,9-10,12H,5-8H2,1H3,(H,20,21,22,23);2-4,8,10H,5-7H2,1H3,(H3,19,20,21,23,24). The lowest BCUT2D eigenvalue weighted by molar-refractivity contribution is 0.581. The quantitative estimate of drug-likeness (QED) is 0.120. The molecule has 2 aromatic carbocycles. The molecule has 272 valence electrons. The van der Waals surface area contributed by atoms with E-state index in [4.69, 9.17) is 15.7 Å². The van der Waals surface area contributed by atoms with Gasteiger partial charge in [-0.15, -0.1) is 0 Å². The Kier molecular flexibility index (Phi) is 8.81. The van der Waals surface area contributed by atoms with Crippen LogP contribution in [-0.2, 0) is 18.1 Å². The molecule has 54 heavy (non-hydrogen) atoms. The van der Waals surface area contributed by atoms with Gasteiger partial charge in [0.25, 0.3) is 11.1 Å². The molecule has 8 aromatic rings. The molecule has 0 saturated heterocycles. The summed E-state index contributed by atoms with van der Waals surface area (Å²) in [6.45, 7) is 4.67. The molecule has 17 heteroatoms. The van der Waals surface area contributed by atoms with Crippen molar-refractivity contribution in [2.75, 3.05) is 5.73 Å². The van der Waals surface area contributed by atoms with Gasteiger partial charge in [-0.2, -0.15) is 4.98 Å². The number of imidazole rings is 2. The number of thioether (sulfide) groups is 2. The second-order valence-corrected chi connectivity index (χ2v) is 15.5. The zero-order valence-electron chi connectivity index (χ0n) is 29.5. The van der Waals surface area contributed by atoms with Crippen LogP contribution >= 0.6 is 23.5 Å². The Morgan fingerprint density at radius 1 is 0.722 bits per heavy atom. The normalized spacial score (nSPS) is 14.3. The van der Waals surface area contributed by atoms with E-state index in [2.05, 4.69) is 39.9 Å². The summed E-state index contributed by atoms with van der Waals surface area (Å²) in [5.74, 6) is 3.40. The predicted octanol–water partition coefficient (Wildman–Crippen LogP) is 5.65. The van der Waals surface area contributed by atoms with Crippen LogP contribution in [0.4, 0.5) is 5.95 Å². The van der Waals surface area contributed by atoms with Crippen molar-refractivity contribution < 1.29 is 0 Å². The average Bonchev–Trinajstić information content (AvgIpc) is 4.07. The highest BCUT2D eigenvalue weighted by Gasteiger charge is 2.29. The molecule has 2 aliphatic carbocycles. The van der Waals surface area contributed by atoms with Crippen LogP contribution in [0.1, 0.15) is 54.5 Å². The second kappa shape index (κ2) is 13.9. The fraction of sp³-hybridized carbons (Fsp3) is 0.297. The Morgan fingerprint density at radius 2 is 1.35 bits per heavy atom. The van der Waals surface area contributed by atoms with Crippen LogP contribution in [0.25, 0.3) is 44.1 Å². The number of H-pyrrole nitrogens is 2. The fourth-order valence-electron chi connectivity index (χ4n) is 6.64. The molecule has 10 rings (SSSR count). The molecule has 0 unspecified atom stereocenters. The van der Waals surface area contributed by atoms with Crippen molar-refractivity contribution in [2.24, 2.45) is 5.92 Å². The third-order valence-corrected chi connectivity index (χ3v) is 11.6. The van der Waals surface area contributed by atoms with Gasteiger partial charge in [-0.25, -0.2) is 34.9 Å². The fourth-order valence-corrected chi connectivity index (χ4v) is 8.47. The van der Waals surface area contributed by atoms with E-state index in [9.17, 15) is 9.59 Å². The Balaban J connectivity index is 0.000000142. The lowest BCUT2D eigenvalue weighted by atomic mass is 10.1. The minimum Gasteiger partial charge on any atom is -0.368 e. The van der Waals surface area contributed by atoms with Crippen molar-refractivity contribution in [2.45, 2.75) is 73.7 Å². The predicted molar refractivity (Wildman–Crippen MR) is 209 cm³/mol. The molecule has 2 saturated carbocycles. The van der Waals surface area contributed by atoms with Gasteiger partial charge in [-0.05, 0) is 68.7 Å². The lowest BCUT2D eigenvalue weighted by Crippen LogP contribution is -2.26. The second-order valence-electron chi connectivity index (χ2n) is 13.6. The summed E-state index contributed by atoms with van der Waals surface area (Å²) in [6.07, 6.45) is 9.10. The number of rotatable bonds is 9. The van der Waals surface area contributed by atoms with Crippen molar-refractivity contribution in [3.05, 3.63) is 98.9 Å². The van der Waals surface area contributed by atoms with Gasteiger partial charge in [0.1, 0.15) is 39.1 Å². The van der Waals surface area contributed by atoms with Crippen molar-refractivity contribution in [3.63, 3.8) is 0 Å². The number of aromatic amines is 2. The molecular formula is C37H35N13O2S2. The van der Waals surface area contributed by atoms with Crippen LogP contribution in [0.5, 0.6) is 0 Å². The van der Waals surface area contributed by atoms with Crippen molar-refractivity contribution in [1.82, 2.24) is 59.0 Å². The van der Waals surface area contributed by atoms with Crippen molar-refractivity contribution >= 4 is 73.6 Å². The first-order valence-electron chi connectivity index (χ1n) is 17.7. The summed E-state index contributed by atoms with van der Waals surface area (Å²) in [4.78, 5) is 67.4. The van der Waals surface area contributed by atoms with E-state index >= 15 is 0 Å². The molecule has 15 nitrogen and oxygen atoms in total. The number of fused-ring (bicyclic) bond motifs is 4. The monoisotopic (exact) mass is 757 g/mol. The SMILES string of the molecule is Cc1cccc2nc(CSc3nc(N)nc4nc[nH]c34)n(C3CC3)c(=O)c12.Cc1cccc2nc(CSc3ncnc4nc[nH]c34)n(CC3CC3)c(=O)c12. The number of aromatic nitrogens is 12. The maximum Gasteiger partial charge on any atom is 0.261 e. The summed E-state index contributed by atoms with van der Waals surface area (Å²) in [7, 11) is 0. The first kappa shape index (κ1) is 34.1. The van der Waals surface area contributed by atoms with E-state index in [1.165, 1.54) is 30.9 Å². The van der Waals surface area contributed by atoms with Crippen molar-refractivity contribution in [3.8, 4) is 0 Å². The highest BCUT2D eigenvalue weighted by Crippen LogP contribution is 2.37. The smallest absolute Gasteiger partial charge is 0.261 e. The van der Waals surface area contributed by atoms with Gasteiger partial charge in [0.2, 0.25) is 5.95 Å². The largest absolute Gasteiger partial charge is 0.368 e. The van der Waals surface area contributed by atoms with Gasteiger partial charge in [0, 0.05) is 12.6 Å². The molecule has 6 heterocycles. The highest BCUT2D eigenvalue weighted by molar-refractivity contribution is 7.98. The van der Waals surface area contributed by atoms with Crippen LogP contribution in [-0.4, -0.2) is 59.0 Å². The molecular weight excluding hydrogens is 723 g/mol. The number of nitrogen functional groups attached to an aromatic ring is 1. The Hall–Kier alpha value is -5.68. The van der Waals surface area contributed by atoms with Crippen LogP contribution in [0.3, 0.4) is 0 Å². The summed E-state index contributed by atoms with van der Waals surface area (Å²) < 4.78 is 3.72. The van der Waals surface area contributed by atoms with Gasteiger partial charge in [-0.1, -0.05) is 47.8 Å². The van der Waals surface area contributed by atoms with E-state index < -0.39 is 0 Å². The molecule has 2 fully saturated rings. The summed E-state index contributed by atoms with van der Waals surface area (Å²) in [6, 6.07) is 11.9. The van der Waals surface area contributed by atoms with Gasteiger partial charge in [0.05, 0.1) is 46.0 Å². The molecule has 0 atom stereocenters. The molecule has 0 aliphatic heterocycles. The molecule has 0 amide bonds. The van der Waals surface area contributed by atoms with E-state index in [1.54, 1.807) is 24.4 Å². The van der Waals surface area contributed by atoms with Gasteiger partial charge < -0.3 is 15.7 Å². The maximum atomic E-state index is 13.2. The number of benzene rings is 2. The average molecular weight is 758 g/mol. The number of hydrogen-bond donors (Lipinski definition) is 3. The van der Waals surface area contributed by atoms with Crippen LogP contribution in [0, 0.1) is 19.8 Å². The number of aryl methyl sites for hydroxylation is 2. The lowest BCUT2D eigenvalue weighted by Gasteiger charge is -2.14. The van der Waals surface area contributed by atoms with Crippen LogP contribution in [0.2, 0.25) is 0 Å². The number of hydrogen-bond acceptors (Lipinski definition) is 13. The molecule has 0 radical (unpaired) electrons. The number of nitrogens with one attached hydrogen (secondary N) is 2. The number of nitrogens with two attached hydrogens (primary N) is 1. The first-order valence-corrected chi connectivity index (χ1v) is 19.7. The summed E-state index contributed by atoms with van der Waals surface area (Å²) in [5, 5.41) is 2.95.